The van der Waals surface area contributed by atoms with Gasteiger partial charge in [0.1, 0.15) is 5.82 Å². The van der Waals surface area contributed by atoms with Gasteiger partial charge in [0.25, 0.3) is 0 Å². The molecule has 0 radical (unpaired) electrons. The van der Waals surface area contributed by atoms with Gasteiger partial charge in [-0.2, -0.15) is 9.40 Å². The van der Waals surface area contributed by atoms with E-state index in [0.717, 1.165) is 36.6 Å². The van der Waals surface area contributed by atoms with Crippen LogP contribution in [0.3, 0.4) is 0 Å². The van der Waals surface area contributed by atoms with Crippen LogP contribution in [-0.4, -0.2) is 73.3 Å². The summed E-state index contributed by atoms with van der Waals surface area (Å²) in [5.74, 6) is -0.289. The van der Waals surface area contributed by atoms with Crippen LogP contribution in [0.5, 0.6) is 0 Å². The standard InChI is InChI=1S/C27H30FN5O3S/c28-22-1-5-24(6-2-22)33-26-15-21-9-10-32(37(34,35)25-7-3-23(29)4-8-25)19-27(21,16-20(26)17-30-33)18-31-11-13-36-14-12-31/h1-8,15,17H,9-14,16,18-19,29H2/t27-/m0/s1. The summed E-state index contributed by atoms with van der Waals surface area (Å²) in [6, 6.07) is 12.7. The minimum absolute atomic E-state index is 0.260. The average molecular weight is 524 g/mol. The smallest absolute Gasteiger partial charge is 0.243 e. The zero-order valence-corrected chi connectivity index (χ0v) is 21.3. The lowest BCUT2D eigenvalue weighted by Gasteiger charge is -2.48. The lowest BCUT2D eigenvalue weighted by Crippen LogP contribution is -2.55. The summed E-state index contributed by atoms with van der Waals surface area (Å²) in [6.45, 7) is 4.54. The number of nitrogens with two attached hydrogens (primary N) is 1. The molecule has 1 aliphatic carbocycles. The average Bonchev–Trinajstić information content (AvgIpc) is 3.30. The van der Waals surface area contributed by atoms with Crippen molar-refractivity contribution < 1.29 is 17.5 Å². The molecule has 0 bridgehead atoms. The highest BCUT2D eigenvalue weighted by atomic mass is 32.2. The van der Waals surface area contributed by atoms with Crippen molar-refractivity contribution >= 4 is 21.8 Å². The first-order valence-corrected chi connectivity index (χ1v) is 14.0. The van der Waals surface area contributed by atoms with Gasteiger partial charge >= 0.3 is 0 Å². The van der Waals surface area contributed by atoms with E-state index in [0.29, 0.717) is 44.8 Å². The van der Waals surface area contributed by atoms with E-state index in [-0.39, 0.29) is 16.1 Å². The van der Waals surface area contributed by atoms with Gasteiger partial charge < -0.3 is 10.5 Å². The maximum Gasteiger partial charge on any atom is 0.243 e. The predicted molar refractivity (Wildman–Crippen MR) is 139 cm³/mol. The van der Waals surface area contributed by atoms with E-state index in [1.54, 1.807) is 40.7 Å². The van der Waals surface area contributed by atoms with Crippen LogP contribution in [0.4, 0.5) is 10.1 Å². The van der Waals surface area contributed by atoms with Crippen LogP contribution in [0.25, 0.3) is 11.8 Å². The molecule has 8 nitrogen and oxygen atoms in total. The van der Waals surface area contributed by atoms with Gasteiger partial charge in [-0.25, -0.2) is 17.5 Å². The number of hydrogen-bond donors (Lipinski definition) is 1. The molecule has 2 fully saturated rings. The first-order chi connectivity index (χ1) is 17.8. The van der Waals surface area contributed by atoms with Crippen LogP contribution in [0.2, 0.25) is 0 Å². The Hall–Kier alpha value is -3.05. The second-order valence-electron chi connectivity index (χ2n) is 10.1. The number of anilines is 1. The lowest BCUT2D eigenvalue weighted by molar-refractivity contribution is 0.0153. The fraction of sp³-hybridized carbons (Fsp3) is 0.370. The first kappa shape index (κ1) is 24.3. The van der Waals surface area contributed by atoms with Gasteiger partial charge in [0.15, 0.2) is 0 Å². The SMILES string of the molecule is Nc1ccc(S(=O)(=O)N2CCC3=Cc4c(cnn4-c4ccc(F)cc4)C[C@]3(CN3CCOCC3)C2)cc1. The number of nitrogen functional groups attached to an aromatic ring is 1. The molecule has 10 heteroatoms. The van der Waals surface area contributed by atoms with Crippen LogP contribution in [0.1, 0.15) is 17.7 Å². The summed E-state index contributed by atoms with van der Waals surface area (Å²) >= 11 is 0. The zero-order chi connectivity index (χ0) is 25.6. The third kappa shape index (κ3) is 4.48. The van der Waals surface area contributed by atoms with Crippen molar-refractivity contribution in [2.45, 2.75) is 17.7 Å². The molecule has 1 aromatic heterocycles. The van der Waals surface area contributed by atoms with E-state index in [1.807, 2.05) is 10.9 Å². The molecule has 1 atom stereocenters. The molecule has 6 rings (SSSR count). The van der Waals surface area contributed by atoms with E-state index in [2.05, 4.69) is 16.1 Å². The Morgan fingerprint density at radius 1 is 1.03 bits per heavy atom. The summed E-state index contributed by atoms with van der Waals surface area (Å²) in [4.78, 5) is 2.64. The number of hydrogen-bond acceptors (Lipinski definition) is 6. The maximum atomic E-state index is 13.7. The lowest BCUT2D eigenvalue weighted by atomic mass is 9.68. The fourth-order valence-electron chi connectivity index (χ4n) is 5.81. The first-order valence-electron chi connectivity index (χ1n) is 12.5. The second kappa shape index (κ2) is 9.36. The number of rotatable bonds is 5. The number of benzene rings is 2. The number of halogens is 1. The monoisotopic (exact) mass is 523 g/mol. The van der Waals surface area contributed by atoms with Crippen LogP contribution < -0.4 is 5.73 Å². The van der Waals surface area contributed by atoms with Crippen molar-refractivity contribution in [3.8, 4) is 5.69 Å². The van der Waals surface area contributed by atoms with Crippen molar-refractivity contribution in [2.24, 2.45) is 5.41 Å². The Morgan fingerprint density at radius 3 is 2.49 bits per heavy atom. The Morgan fingerprint density at radius 2 is 1.76 bits per heavy atom. The number of sulfonamides is 1. The molecule has 37 heavy (non-hydrogen) atoms. The highest BCUT2D eigenvalue weighted by Crippen LogP contribution is 2.46. The Labute approximate surface area is 216 Å². The van der Waals surface area contributed by atoms with Crippen LogP contribution in [0, 0.1) is 11.2 Å². The molecule has 3 aliphatic rings. The largest absolute Gasteiger partial charge is 0.399 e. The normalized spacial score (nSPS) is 22.8. The van der Waals surface area contributed by atoms with Gasteiger partial charge in [0, 0.05) is 43.8 Å². The van der Waals surface area contributed by atoms with Gasteiger partial charge in [0.2, 0.25) is 10.0 Å². The van der Waals surface area contributed by atoms with Crippen molar-refractivity contribution in [3.63, 3.8) is 0 Å². The van der Waals surface area contributed by atoms with Gasteiger partial charge in [-0.15, -0.1) is 0 Å². The van der Waals surface area contributed by atoms with E-state index < -0.39 is 10.0 Å². The van der Waals surface area contributed by atoms with Crippen molar-refractivity contribution in [1.29, 1.82) is 0 Å². The van der Waals surface area contributed by atoms with Gasteiger partial charge in [-0.1, -0.05) is 5.57 Å². The number of ether oxygens (including phenoxy) is 1. The number of morpholine rings is 1. The third-order valence-corrected chi connectivity index (χ3v) is 9.60. The number of fused-ring (bicyclic) bond motifs is 2. The molecular weight excluding hydrogens is 493 g/mol. The maximum absolute atomic E-state index is 13.7. The molecule has 0 amide bonds. The number of nitrogens with zero attached hydrogens (tertiary/aromatic N) is 4. The third-order valence-electron chi connectivity index (χ3n) is 7.74. The summed E-state index contributed by atoms with van der Waals surface area (Å²) < 4.78 is 49.9. The molecule has 2 aliphatic heterocycles. The van der Waals surface area contributed by atoms with Crippen LogP contribution >= 0.6 is 0 Å². The fourth-order valence-corrected chi connectivity index (χ4v) is 7.34. The Kier molecular flexibility index (Phi) is 6.15. The van der Waals surface area contributed by atoms with Gasteiger partial charge in [0.05, 0.1) is 35.7 Å². The van der Waals surface area contributed by atoms with E-state index >= 15 is 0 Å². The van der Waals surface area contributed by atoms with Crippen molar-refractivity contribution in [2.75, 3.05) is 51.7 Å². The number of piperidine rings is 1. The topological polar surface area (TPSA) is 93.7 Å². The molecule has 3 heterocycles. The van der Waals surface area contributed by atoms with Gasteiger partial charge in [-0.05, 0) is 73.0 Å². The van der Waals surface area contributed by atoms with Crippen LogP contribution in [-0.2, 0) is 21.2 Å². The zero-order valence-electron chi connectivity index (χ0n) is 20.5. The van der Waals surface area contributed by atoms with Crippen molar-refractivity contribution in [3.05, 3.63) is 77.4 Å². The molecule has 0 spiro atoms. The molecule has 194 valence electrons. The molecular formula is C27H30FN5O3S. The van der Waals surface area contributed by atoms with Gasteiger partial charge in [-0.3, -0.25) is 4.90 Å². The van der Waals surface area contributed by atoms with E-state index in [9.17, 15) is 12.8 Å². The highest BCUT2D eigenvalue weighted by Gasteiger charge is 2.47. The minimum Gasteiger partial charge on any atom is -0.399 e. The molecule has 2 aromatic carbocycles. The summed E-state index contributed by atoms with van der Waals surface area (Å²) in [5.41, 5.74) is 10.0. The summed E-state index contributed by atoms with van der Waals surface area (Å²) in [5, 5.41) is 4.63. The highest BCUT2D eigenvalue weighted by molar-refractivity contribution is 7.89. The Balaban J connectivity index is 1.37. The molecule has 2 saturated heterocycles. The molecule has 3 aromatic rings. The summed E-state index contributed by atoms with van der Waals surface area (Å²) in [6.07, 6.45) is 5.36. The summed E-state index contributed by atoms with van der Waals surface area (Å²) in [7, 11) is -3.68. The van der Waals surface area contributed by atoms with Crippen LogP contribution in [0.15, 0.2) is 65.2 Å². The molecule has 0 unspecified atom stereocenters. The molecule has 0 saturated carbocycles. The number of aromatic nitrogens is 2. The second-order valence-corrected chi connectivity index (χ2v) is 12.1. The van der Waals surface area contributed by atoms with E-state index in [1.165, 1.54) is 17.7 Å². The Bertz CT molecular complexity index is 1430. The quantitative estimate of drug-likeness (QED) is 0.517. The molecule has 2 N–H and O–H groups in total. The minimum atomic E-state index is -3.68. The van der Waals surface area contributed by atoms with E-state index in [4.69, 9.17) is 10.5 Å². The predicted octanol–water partition coefficient (Wildman–Crippen LogP) is 2.95. The van der Waals surface area contributed by atoms with Crippen molar-refractivity contribution in [1.82, 2.24) is 19.0 Å².